The SMILES string of the molecule is CCPC(=O)c1c(Cl)ccc(Cl)c1Cl. The Kier molecular flexibility index (Phi) is 4.66. The number of carbonyl (C=O) groups is 1. The minimum Gasteiger partial charge on any atom is -0.289 e. The second-order valence-electron chi connectivity index (χ2n) is 2.58. The summed E-state index contributed by atoms with van der Waals surface area (Å²) in [5.41, 5.74) is 0.311. The van der Waals surface area contributed by atoms with Crippen molar-refractivity contribution in [1.82, 2.24) is 0 Å². The molecule has 14 heavy (non-hydrogen) atoms. The zero-order valence-corrected chi connectivity index (χ0v) is 10.7. The molecule has 1 atom stereocenters. The van der Waals surface area contributed by atoms with Gasteiger partial charge in [0.15, 0.2) is 5.52 Å². The molecule has 76 valence electrons. The maximum atomic E-state index is 11.6. The van der Waals surface area contributed by atoms with Gasteiger partial charge in [0.2, 0.25) is 0 Å². The molecule has 0 amide bonds. The van der Waals surface area contributed by atoms with Crippen molar-refractivity contribution < 1.29 is 4.79 Å². The van der Waals surface area contributed by atoms with Gasteiger partial charge in [0.1, 0.15) is 0 Å². The lowest BCUT2D eigenvalue weighted by molar-refractivity contribution is 0.108. The molecule has 5 heteroatoms. The molecule has 0 bridgehead atoms. The van der Waals surface area contributed by atoms with E-state index in [9.17, 15) is 4.79 Å². The number of rotatable bonds is 3. The fourth-order valence-electron chi connectivity index (χ4n) is 0.984. The molecule has 0 saturated heterocycles. The summed E-state index contributed by atoms with van der Waals surface area (Å²) >= 11 is 17.6. The highest BCUT2D eigenvalue weighted by atomic mass is 35.5. The van der Waals surface area contributed by atoms with E-state index in [0.29, 0.717) is 15.6 Å². The summed E-state index contributed by atoms with van der Waals surface area (Å²) < 4.78 is 0. The van der Waals surface area contributed by atoms with Crippen molar-refractivity contribution in [3.63, 3.8) is 0 Å². The van der Waals surface area contributed by atoms with Crippen molar-refractivity contribution in [1.29, 1.82) is 0 Å². The summed E-state index contributed by atoms with van der Waals surface area (Å²) in [6, 6.07) is 3.17. The fourth-order valence-corrected chi connectivity index (χ4v) is 2.60. The second-order valence-corrected chi connectivity index (χ2v) is 5.28. The van der Waals surface area contributed by atoms with Crippen LogP contribution in [-0.2, 0) is 0 Å². The molecule has 1 unspecified atom stereocenters. The lowest BCUT2D eigenvalue weighted by Crippen LogP contribution is -1.95. The molecule has 1 nitrogen and oxygen atoms in total. The first-order valence-corrected chi connectivity index (χ1v) is 6.33. The van der Waals surface area contributed by atoms with Crippen LogP contribution < -0.4 is 0 Å². The van der Waals surface area contributed by atoms with Gasteiger partial charge in [-0.25, -0.2) is 0 Å². The Bertz CT molecular complexity index is 365. The quantitative estimate of drug-likeness (QED) is 0.584. The largest absolute Gasteiger partial charge is 0.289 e. The smallest absolute Gasteiger partial charge is 0.184 e. The Morgan fingerprint density at radius 3 is 2.43 bits per heavy atom. The van der Waals surface area contributed by atoms with Crippen LogP contribution in [0.5, 0.6) is 0 Å². The van der Waals surface area contributed by atoms with Gasteiger partial charge >= 0.3 is 0 Å². The molecular formula is C9H8Cl3OP. The van der Waals surface area contributed by atoms with Crippen molar-refractivity contribution in [2.75, 3.05) is 6.16 Å². The van der Waals surface area contributed by atoms with Crippen LogP contribution in [0.15, 0.2) is 12.1 Å². The first kappa shape index (κ1) is 12.3. The summed E-state index contributed by atoms with van der Waals surface area (Å²) in [6.45, 7) is 1.93. The van der Waals surface area contributed by atoms with Crippen LogP contribution in [0, 0.1) is 0 Å². The van der Waals surface area contributed by atoms with Gasteiger partial charge in [-0.1, -0.05) is 41.7 Å². The van der Waals surface area contributed by atoms with Gasteiger partial charge in [-0.15, -0.1) is 0 Å². The van der Waals surface area contributed by atoms with E-state index in [0.717, 1.165) is 6.16 Å². The summed E-state index contributed by atoms with van der Waals surface area (Å²) in [6.07, 6.45) is 0.790. The highest BCUT2D eigenvalue weighted by Crippen LogP contribution is 2.35. The maximum Gasteiger partial charge on any atom is 0.184 e. The third kappa shape index (κ3) is 2.61. The molecule has 1 rings (SSSR count). The number of carbonyl (C=O) groups excluding carboxylic acids is 1. The van der Waals surface area contributed by atoms with Crippen molar-refractivity contribution in [3.05, 3.63) is 32.8 Å². The summed E-state index contributed by atoms with van der Waals surface area (Å²) in [7, 11) is 0.189. The summed E-state index contributed by atoms with van der Waals surface area (Å²) in [5, 5.41) is 0.982. The average Bonchev–Trinajstić information content (AvgIpc) is 2.13. The van der Waals surface area contributed by atoms with Crippen molar-refractivity contribution in [3.8, 4) is 0 Å². The molecule has 0 saturated carbocycles. The first-order chi connectivity index (χ1) is 6.57. The van der Waals surface area contributed by atoms with Gasteiger partial charge < -0.3 is 0 Å². The molecular weight excluding hydrogens is 261 g/mol. The van der Waals surface area contributed by atoms with E-state index in [-0.39, 0.29) is 19.1 Å². The van der Waals surface area contributed by atoms with Gasteiger partial charge in [0, 0.05) is 0 Å². The number of halogens is 3. The lowest BCUT2D eigenvalue weighted by Gasteiger charge is -2.06. The number of hydrogen-bond acceptors (Lipinski definition) is 1. The Labute approximate surface area is 99.5 Å². The van der Waals surface area contributed by atoms with E-state index in [1.165, 1.54) is 0 Å². The predicted molar refractivity (Wildman–Crippen MR) is 64.7 cm³/mol. The second kappa shape index (κ2) is 5.32. The lowest BCUT2D eigenvalue weighted by atomic mass is 10.2. The Morgan fingerprint density at radius 2 is 1.86 bits per heavy atom. The number of hydrogen-bond donors (Lipinski definition) is 0. The van der Waals surface area contributed by atoms with E-state index in [1.807, 2.05) is 6.92 Å². The van der Waals surface area contributed by atoms with Crippen LogP contribution in [0.25, 0.3) is 0 Å². The van der Waals surface area contributed by atoms with Gasteiger partial charge in [0.05, 0.1) is 20.6 Å². The average molecular weight is 269 g/mol. The number of benzene rings is 1. The van der Waals surface area contributed by atoms with Gasteiger partial charge in [-0.3, -0.25) is 4.79 Å². The standard InChI is InChI=1S/C9H8Cl3OP/c1-2-14-9(13)7-5(10)3-4-6(11)8(7)12/h3-4,14H,2H2,1H3. The van der Waals surface area contributed by atoms with E-state index >= 15 is 0 Å². The van der Waals surface area contributed by atoms with E-state index < -0.39 is 0 Å². The molecule has 1 aromatic rings. The molecule has 0 aliphatic rings. The van der Waals surface area contributed by atoms with Crippen LogP contribution in [0.1, 0.15) is 17.3 Å². The van der Waals surface area contributed by atoms with Crippen molar-refractivity contribution in [2.24, 2.45) is 0 Å². The normalized spacial score (nSPS) is 11.1. The van der Waals surface area contributed by atoms with E-state index in [1.54, 1.807) is 12.1 Å². The van der Waals surface area contributed by atoms with Gasteiger partial charge in [0.25, 0.3) is 0 Å². The van der Waals surface area contributed by atoms with E-state index in [4.69, 9.17) is 34.8 Å². The van der Waals surface area contributed by atoms with Crippen molar-refractivity contribution in [2.45, 2.75) is 6.92 Å². The molecule has 0 heterocycles. The molecule has 0 fully saturated rings. The van der Waals surface area contributed by atoms with Crippen LogP contribution in [-0.4, -0.2) is 11.7 Å². The highest BCUT2D eigenvalue weighted by Gasteiger charge is 2.16. The minimum atomic E-state index is -0.0370. The minimum absolute atomic E-state index is 0.0370. The predicted octanol–water partition coefficient (Wildman–Crippen LogP) is 4.49. The topological polar surface area (TPSA) is 17.1 Å². The molecule has 0 N–H and O–H groups in total. The Balaban J connectivity index is 3.18. The van der Waals surface area contributed by atoms with Gasteiger partial charge in [-0.2, -0.15) is 0 Å². The zero-order chi connectivity index (χ0) is 10.7. The molecule has 0 aliphatic carbocycles. The van der Waals surface area contributed by atoms with Crippen LogP contribution in [0.2, 0.25) is 15.1 Å². The van der Waals surface area contributed by atoms with Gasteiger partial charge in [-0.05, 0) is 26.9 Å². The molecule has 0 radical (unpaired) electrons. The molecule has 0 aliphatic heterocycles. The summed E-state index contributed by atoms with van der Waals surface area (Å²) in [5.74, 6) is 0. The molecule has 0 aromatic heterocycles. The monoisotopic (exact) mass is 268 g/mol. The first-order valence-electron chi connectivity index (χ1n) is 3.99. The third-order valence-corrected chi connectivity index (χ3v) is 3.65. The fraction of sp³-hybridized carbons (Fsp3) is 0.222. The molecule has 1 aromatic carbocycles. The maximum absolute atomic E-state index is 11.6. The van der Waals surface area contributed by atoms with E-state index in [2.05, 4.69) is 0 Å². The zero-order valence-electron chi connectivity index (χ0n) is 7.40. The Morgan fingerprint density at radius 1 is 1.29 bits per heavy atom. The van der Waals surface area contributed by atoms with Crippen LogP contribution in [0.4, 0.5) is 0 Å². The van der Waals surface area contributed by atoms with Crippen molar-refractivity contribution >= 4 is 48.9 Å². The third-order valence-electron chi connectivity index (χ3n) is 1.61. The highest BCUT2D eigenvalue weighted by molar-refractivity contribution is 7.58. The van der Waals surface area contributed by atoms with Crippen LogP contribution >= 0.6 is 43.4 Å². The summed E-state index contributed by atoms with van der Waals surface area (Å²) in [4.78, 5) is 11.6. The molecule has 0 spiro atoms. The van der Waals surface area contributed by atoms with Crippen LogP contribution in [0.3, 0.4) is 0 Å². The Hall–Kier alpha value is 0.190.